The summed E-state index contributed by atoms with van der Waals surface area (Å²) < 4.78 is 10.9. The molecule has 2 aromatic rings. The molecule has 26 heavy (non-hydrogen) atoms. The van der Waals surface area contributed by atoms with Crippen molar-refractivity contribution in [3.8, 4) is 11.5 Å². The molecule has 0 amide bonds. The average Bonchev–Trinajstić information content (AvgIpc) is 2.66. The van der Waals surface area contributed by atoms with E-state index in [-0.39, 0.29) is 0 Å². The highest BCUT2D eigenvalue weighted by Gasteiger charge is 2.14. The van der Waals surface area contributed by atoms with Gasteiger partial charge in [-0.1, -0.05) is 19.3 Å². The highest BCUT2D eigenvalue weighted by atomic mass is 16.5. The third-order valence-electron chi connectivity index (χ3n) is 4.53. The van der Waals surface area contributed by atoms with E-state index in [1.165, 1.54) is 32.1 Å². The summed E-state index contributed by atoms with van der Waals surface area (Å²) in [5.41, 5.74) is 0.955. The summed E-state index contributed by atoms with van der Waals surface area (Å²) in [6, 6.07) is 10.0. The Morgan fingerprint density at radius 1 is 1.04 bits per heavy atom. The van der Waals surface area contributed by atoms with Gasteiger partial charge in [0.15, 0.2) is 0 Å². The number of anilines is 2. The fraction of sp³-hybridized carbons (Fsp3) is 0.500. The second-order valence-electron chi connectivity index (χ2n) is 6.65. The number of nitrogens with one attached hydrogen (secondary N) is 2. The Morgan fingerprint density at radius 2 is 1.77 bits per heavy atom. The van der Waals surface area contributed by atoms with Crippen LogP contribution in [0.15, 0.2) is 30.3 Å². The van der Waals surface area contributed by atoms with Gasteiger partial charge in [-0.05, 0) is 44.0 Å². The van der Waals surface area contributed by atoms with Gasteiger partial charge in [0, 0.05) is 17.8 Å². The second kappa shape index (κ2) is 9.27. The number of hydrogen-bond donors (Lipinski definition) is 2. The highest BCUT2D eigenvalue weighted by molar-refractivity contribution is 5.42. The lowest BCUT2D eigenvalue weighted by Crippen LogP contribution is -2.24. The molecule has 0 bridgehead atoms. The summed E-state index contributed by atoms with van der Waals surface area (Å²) in [6.07, 6.45) is 6.33. The van der Waals surface area contributed by atoms with Crippen LogP contribution in [0.25, 0.3) is 0 Å². The lowest BCUT2D eigenvalue weighted by atomic mass is 9.96. The molecule has 0 aliphatic heterocycles. The van der Waals surface area contributed by atoms with Gasteiger partial charge in [-0.25, -0.2) is 4.98 Å². The van der Waals surface area contributed by atoms with Crippen LogP contribution in [-0.2, 0) is 0 Å². The van der Waals surface area contributed by atoms with Crippen LogP contribution in [0.1, 0.15) is 37.8 Å². The van der Waals surface area contributed by atoms with Gasteiger partial charge < -0.3 is 20.1 Å². The van der Waals surface area contributed by atoms with Gasteiger partial charge in [0.05, 0.1) is 13.7 Å². The molecular weight excluding hydrogens is 328 g/mol. The fourth-order valence-corrected chi connectivity index (χ4v) is 3.17. The molecule has 3 rings (SSSR count). The molecule has 0 unspecified atom stereocenters. The van der Waals surface area contributed by atoms with Crippen molar-refractivity contribution in [3.05, 3.63) is 36.0 Å². The van der Waals surface area contributed by atoms with E-state index in [9.17, 15) is 0 Å². The first-order valence-electron chi connectivity index (χ1n) is 9.36. The van der Waals surface area contributed by atoms with E-state index < -0.39 is 0 Å². The summed E-state index contributed by atoms with van der Waals surface area (Å²) in [6.45, 7) is 3.22. The van der Waals surface area contributed by atoms with E-state index in [4.69, 9.17) is 9.47 Å². The minimum Gasteiger partial charge on any atom is -0.497 e. The average molecular weight is 356 g/mol. The molecule has 1 saturated carbocycles. The molecule has 0 radical (unpaired) electrons. The topological polar surface area (TPSA) is 68.3 Å². The first kappa shape index (κ1) is 18.3. The number of ether oxygens (including phenoxy) is 2. The molecule has 6 nitrogen and oxygen atoms in total. The van der Waals surface area contributed by atoms with Crippen LogP contribution >= 0.6 is 0 Å². The Balaban J connectivity index is 1.47. The molecule has 140 valence electrons. The molecule has 1 aliphatic rings. The summed E-state index contributed by atoms with van der Waals surface area (Å²) in [5, 5.41) is 6.80. The Hall–Kier alpha value is -2.50. The fourth-order valence-electron chi connectivity index (χ4n) is 3.17. The van der Waals surface area contributed by atoms with Crippen molar-refractivity contribution >= 4 is 11.8 Å². The Labute approximate surface area is 155 Å². The van der Waals surface area contributed by atoms with Crippen molar-refractivity contribution in [2.24, 2.45) is 0 Å². The van der Waals surface area contributed by atoms with E-state index in [1.54, 1.807) is 7.11 Å². The van der Waals surface area contributed by atoms with Crippen LogP contribution < -0.4 is 20.1 Å². The van der Waals surface area contributed by atoms with Crippen LogP contribution in [0.3, 0.4) is 0 Å². The number of rotatable bonds is 8. The molecule has 1 heterocycles. The molecular formula is C20H28N4O2. The minimum absolute atomic E-state index is 0.497. The lowest BCUT2D eigenvalue weighted by Gasteiger charge is -2.23. The Kier molecular flexibility index (Phi) is 6.52. The van der Waals surface area contributed by atoms with E-state index in [1.807, 2.05) is 37.3 Å². The Morgan fingerprint density at radius 3 is 2.50 bits per heavy atom. The number of hydrogen-bond acceptors (Lipinski definition) is 6. The molecule has 0 saturated heterocycles. The first-order chi connectivity index (χ1) is 12.7. The zero-order valence-corrected chi connectivity index (χ0v) is 15.6. The first-order valence-corrected chi connectivity index (χ1v) is 9.36. The van der Waals surface area contributed by atoms with Crippen molar-refractivity contribution < 1.29 is 9.47 Å². The molecule has 1 aromatic heterocycles. The number of aryl methyl sites for hydroxylation is 1. The monoisotopic (exact) mass is 356 g/mol. The van der Waals surface area contributed by atoms with Crippen LogP contribution in [-0.4, -0.2) is 36.3 Å². The predicted molar refractivity (Wildman–Crippen MR) is 104 cm³/mol. The molecule has 2 N–H and O–H groups in total. The molecule has 6 heteroatoms. The van der Waals surface area contributed by atoms with Crippen molar-refractivity contribution in [2.45, 2.75) is 45.1 Å². The quantitative estimate of drug-likeness (QED) is 0.696. The van der Waals surface area contributed by atoms with Gasteiger partial charge in [-0.2, -0.15) is 4.98 Å². The molecule has 1 aliphatic carbocycles. The maximum absolute atomic E-state index is 5.73. The van der Waals surface area contributed by atoms with Crippen LogP contribution in [0.2, 0.25) is 0 Å². The largest absolute Gasteiger partial charge is 0.497 e. The molecule has 1 aromatic carbocycles. The minimum atomic E-state index is 0.497. The van der Waals surface area contributed by atoms with E-state index in [0.717, 1.165) is 29.0 Å². The predicted octanol–water partition coefficient (Wildman–Crippen LogP) is 4.03. The summed E-state index contributed by atoms with van der Waals surface area (Å²) in [5.74, 6) is 3.20. The highest BCUT2D eigenvalue weighted by Crippen LogP contribution is 2.21. The zero-order valence-electron chi connectivity index (χ0n) is 15.6. The molecule has 0 atom stereocenters. The van der Waals surface area contributed by atoms with Gasteiger partial charge in [-0.15, -0.1) is 0 Å². The standard InChI is InChI=1S/C20H28N4O2/c1-15-14-19(24-20(22-15)23-16-6-4-3-5-7-16)21-12-13-26-18-10-8-17(25-2)9-11-18/h8-11,14,16H,3-7,12-13H2,1-2H3,(H2,21,22,23,24). The van der Waals surface area contributed by atoms with Gasteiger partial charge >= 0.3 is 0 Å². The molecule has 1 fully saturated rings. The van der Waals surface area contributed by atoms with Crippen molar-refractivity contribution in [1.82, 2.24) is 9.97 Å². The third kappa shape index (κ3) is 5.51. The zero-order chi connectivity index (χ0) is 18.2. The number of benzene rings is 1. The summed E-state index contributed by atoms with van der Waals surface area (Å²) in [4.78, 5) is 9.10. The van der Waals surface area contributed by atoms with Gasteiger partial charge in [0.1, 0.15) is 23.9 Å². The Bertz CT molecular complexity index is 685. The number of aromatic nitrogens is 2. The SMILES string of the molecule is COc1ccc(OCCNc2cc(C)nc(NC3CCCCC3)n2)cc1. The summed E-state index contributed by atoms with van der Waals surface area (Å²) in [7, 11) is 1.65. The van der Waals surface area contributed by atoms with Crippen LogP contribution in [0.4, 0.5) is 11.8 Å². The number of nitrogens with zero attached hydrogens (tertiary/aromatic N) is 2. The van der Waals surface area contributed by atoms with E-state index in [2.05, 4.69) is 20.6 Å². The van der Waals surface area contributed by atoms with Crippen LogP contribution in [0, 0.1) is 6.92 Å². The normalized spacial score (nSPS) is 14.7. The molecule has 0 spiro atoms. The van der Waals surface area contributed by atoms with Crippen molar-refractivity contribution in [3.63, 3.8) is 0 Å². The second-order valence-corrected chi connectivity index (χ2v) is 6.65. The third-order valence-corrected chi connectivity index (χ3v) is 4.53. The smallest absolute Gasteiger partial charge is 0.225 e. The number of methoxy groups -OCH3 is 1. The maximum atomic E-state index is 5.73. The van der Waals surface area contributed by atoms with Crippen molar-refractivity contribution in [1.29, 1.82) is 0 Å². The van der Waals surface area contributed by atoms with Gasteiger partial charge in [-0.3, -0.25) is 0 Å². The van der Waals surface area contributed by atoms with Crippen molar-refractivity contribution in [2.75, 3.05) is 30.9 Å². The van der Waals surface area contributed by atoms with Gasteiger partial charge in [0.25, 0.3) is 0 Å². The van der Waals surface area contributed by atoms with Gasteiger partial charge in [0.2, 0.25) is 5.95 Å². The maximum Gasteiger partial charge on any atom is 0.225 e. The van der Waals surface area contributed by atoms with Crippen LogP contribution in [0.5, 0.6) is 11.5 Å². The lowest BCUT2D eigenvalue weighted by molar-refractivity contribution is 0.331. The summed E-state index contributed by atoms with van der Waals surface area (Å²) >= 11 is 0. The van der Waals surface area contributed by atoms with E-state index in [0.29, 0.717) is 19.2 Å². The van der Waals surface area contributed by atoms with E-state index >= 15 is 0 Å².